The normalized spacial score (nSPS) is 14.8. The van der Waals surface area contributed by atoms with Crippen LogP contribution in [0.3, 0.4) is 0 Å². The molecule has 4 heteroatoms. The quantitative estimate of drug-likeness (QED) is 0.875. The van der Waals surface area contributed by atoms with E-state index in [1.165, 1.54) is 6.07 Å². The van der Waals surface area contributed by atoms with Crippen molar-refractivity contribution in [1.29, 1.82) is 0 Å². The molecule has 0 saturated heterocycles. The van der Waals surface area contributed by atoms with E-state index in [-0.39, 0.29) is 11.7 Å². The lowest BCUT2D eigenvalue weighted by Gasteiger charge is -2.21. The zero-order chi connectivity index (χ0) is 12.1. The van der Waals surface area contributed by atoms with Crippen molar-refractivity contribution >= 4 is 15.9 Å². The van der Waals surface area contributed by atoms with Crippen LogP contribution < -0.4 is 5.73 Å². The zero-order valence-electron chi connectivity index (χ0n) is 9.29. The van der Waals surface area contributed by atoms with Gasteiger partial charge in [-0.25, -0.2) is 4.39 Å². The summed E-state index contributed by atoms with van der Waals surface area (Å²) in [5, 5.41) is 10.1. The van der Waals surface area contributed by atoms with Gasteiger partial charge >= 0.3 is 0 Å². The first-order valence-corrected chi connectivity index (χ1v) is 6.22. The lowest BCUT2D eigenvalue weighted by molar-refractivity contribution is 0.106. The molecule has 1 aromatic carbocycles. The molecule has 0 aromatic heterocycles. The van der Waals surface area contributed by atoms with Crippen molar-refractivity contribution in [3.05, 3.63) is 34.1 Å². The lowest BCUT2D eigenvalue weighted by atomic mass is 9.92. The molecule has 0 saturated carbocycles. The van der Waals surface area contributed by atoms with E-state index >= 15 is 0 Å². The maximum absolute atomic E-state index is 13.0. The molecule has 16 heavy (non-hydrogen) atoms. The second-order valence-electron chi connectivity index (χ2n) is 3.90. The van der Waals surface area contributed by atoms with Crippen LogP contribution in [0.5, 0.6) is 0 Å². The standard InChI is InChI=1S/C12H17BrFNO/c1-2-3-9(7-15)12(16)8-4-5-11(14)10(13)6-8/h4-6,9,12,16H,2-3,7,15H2,1H3. The topological polar surface area (TPSA) is 46.2 Å². The van der Waals surface area contributed by atoms with Gasteiger partial charge in [-0.3, -0.25) is 0 Å². The summed E-state index contributed by atoms with van der Waals surface area (Å²) in [5.41, 5.74) is 6.32. The van der Waals surface area contributed by atoms with Crippen molar-refractivity contribution in [1.82, 2.24) is 0 Å². The molecule has 0 bridgehead atoms. The maximum Gasteiger partial charge on any atom is 0.137 e. The number of rotatable bonds is 5. The number of nitrogens with two attached hydrogens (primary N) is 1. The van der Waals surface area contributed by atoms with Crippen molar-refractivity contribution in [3.63, 3.8) is 0 Å². The summed E-state index contributed by atoms with van der Waals surface area (Å²) >= 11 is 3.11. The van der Waals surface area contributed by atoms with E-state index in [2.05, 4.69) is 22.9 Å². The fraction of sp³-hybridized carbons (Fsp3) is 0.500. The molecular weight excluding hydrogens is 273 g/mol. The molecule has 2 unspecified atom stereocenters. The highest BCUT2D eigenvalue weighted by Gasteiger charge is 2.19. The van der Waals surface area contributed by atoms with Crippen LogP contribution in [0.4, 0.5) is 4.39 Å². The van der Waals surface area contributed by atoms with Crippen LogP contribution in [-0.2, 0) is 0 Å². The molecule has 0 heterocycles. The Morgan fingerprint density at radius 3 is 2.69 bits per heavy atom. The van der Waals surface area contributed by atoms with E-state index in [4.69, 9.17) is 5.73 Å². The van der Waals surface area contributed by atoms with E-state index in [9.17, 15) is 9.50 Å². The smallest absolute Gasteiger partial charge is 0.137 e. The van der Waals surface area contributed by atoms with E-state index in [0.717, 1.165) is 12.8 Å². The SMILES string of the molecule is CCCC(CN)C(O)c1ccc(F)c(Br)c1. The van der Waals surface area contributed by atoms with E-state index in [1.807, 2.05) is 0 Å². The Bertz CT molecular complexity index is 346. The molecule has 90 valence electrons. The number of aliphatic hydroxyl groups excluding tert-OH is 1. The predicted molar refractivity (Wildman–Crippen MR) is 66.5 cm³/mol. The minimum atomic E-state index is -0.623. The van der Waals surface area contributed by atoms with Gasteiger partial charge in [0, 0.05) is 5.92 Å². The molecule has 2 atom stereocenters. The number of halogens is 2. The van der Waals surface area contributed by atoms with Crippen LogP contribution in [0.15, 0.2) is 22.7 Å². The van der Waals surface area contributed by atoms with E-state index in [0.29, 0.717) is 16.6 Å². The van der Waals surface area contributed by atoms with Crippen LogP contribution in [0.25, 0.3) is 0 Å². The van der Waals surface area contributed by atoms with Gasteiger partial charge in [0.1, 0.15) is 5.82 Å². The first kappa shape index (κ1) is 13.6. The van der Waals surface area contributed by atoms with Gasteiger partial charge in [0.25, 0.3) is 0 Å². The van der Waals surface area contributed by atoms with Crippen molar-refractivity contribution < 1.29 is 9.50 Å². The predicted octanol–water partition coefficient (Wildman–Crippen LogP) is 3.00. The van der Waals surface area contributed by atoms with Gasteiger partial charge in [0.05, 0.1) is 10.6 Å². The average molecular weight is 290 g/mol. The first-order chi connectivity index (χ1) is 7.60. The molecule has 0 spiro atoms. The molecule has 0 aliphatic rings. The number of aliphatic hydroxyl groups is 1. The van der Waals surface area contributed by atoms with Gasteiger partial charge in [-0.2, -0.15) is 0 Å². The molecule has 3 N–H and O–H groups in total. The third-order valence-corrected chi connectivity index (χ3v) is 3.30. The highest BCUT2D eigenvalue weighted by Crippen LogP contribution is 2.28. The van der Waals surface area contributed by atoms with Crippen molar-refractivity contribution in [2.75, 3.05) is 6.54 Å². The van der Waals surface area contributed by atoms with Crippen LogP contribution in [0.2, 0.25) is 0 Å². The minimum absolute atomic E-state index is 0.0300. The monoisotopic (exact) mass is 289 g/mol. The number of benzene rings is 1. The Labute approximate surface area is 104 Å². The molecule has 1 aromatic rings. The molecule has 0 fully saturated rings. The van der Waals surface area contributed by atoms with Crippen LogP contribution in [0.1, 0.15) is 31.4 Å². The van der Waals surface area contributed by atoms with E-state index in [1.54, 1.807) is 12.1 Å². The lowest BCUT2D eigenvalue weighted by Crippen LogP contribution is -2.21. The molecule has 0 radical (unpaired) electrons. The van der Waals surface area contributed by atoms with Crippen LogP contribution in [0, 0.1) is 11.7 Å². The summed E-state index contributed by atoms with van der Waals surface area (Å²) < 4.78 is 13.4. The highest BCUT2D eigenvalue weighted by molar-refractivity contribution is 9.10. The summed E-state index contributed by atoms with van der Waals surface area (Å²) in [6.45, 7) is 2.49. The van der Waals surface area contributed by atoms with Crippen molar-refractivity contribution in [2.45, 2.75) is 25.9 Å². The molecule has 1 rings (SSSR count). The second-order valence-corrected chi connectivity index (χ2v) is 4.76. The van der Waals surface area contributed by atoms with Crippen LogP contribution >= 0.6 is 15.9 Å². The Morgan fingerprint density at radius 1 is 1.50 bits per heavy atom. The Morgan fingerprint density at radius 2 is 2.19 bits per heavy atom. The van der Waals surface area contributed by atoms with Crippen molar-refractivity contribution in [2.24, 2.45) is 11.7 Å². The maximum atomic E-state index is 13.0. The van der Waals surface area contributed by atoms with Gasteiger partial charge in [0.15, 0.2) is 0 Å². The summed E-state index contributed by atoms with van der Waals surface area (Å²) in [6, 6.07) is 4.56. The largest absolute Gasteiger partial charge is 0.388 e. The number of hydrogen-bond donors (Lipinski definition) is 2. The molecule has 2 nitrogen and oxygen atoms in total. The van der Waals surface area contributed by atoms with Gasteiger partial charge in [-0.1, -0.05) is 19.4 Å². The van der Waals surface area contributed by atoms with E-state index < -0.39 is 6.10 Å². The summed E-state index contributed by atoms with van der Waals surface area (Å²) in [5.74, 6) is -0.293. The molecule has 0 amide bonds. The highest BCUT2D eigenvalue weighted by atomic mass is 79.9. The molecule has 0 aliphatic carbocycles. The zero-order valence-corrected chi connectivity index (χ0v) is 10.9. The fourth-order valence-electron chi connectivity index (χ4n) is 1.74. The van der Waals surface area contributed by atoms with Gasteiger partial charge < -0.3 is 10.8 Å². The summed E-state index contributed by atoms with van der Waals surface area (Å²) in [6.07, 6.45) is 1.22. The summed E-state index contributed by atoms with van der Waals surface area (Å²) in [7, 11) is 0. The first-order valence-electron chi connectivity index (χ1n) is 5.43. The average Bonchev–Trinajstić information content (AvgIpc) is 2.28. The van der Waals surface area contributed by atoms with Gasteiger partial charge in [0.2, 0.25) is 0 Å². The second kappa shape index (κ2) is 6.33. The molecular formula is C12H17BrFNO. The minimum Gasteiger partial charge on any atom is -0.388 e. The Kier molecular flexibility index (Phi) is 5.38. The van der Waals surface area contributed by atoms with Crippen molar-refractivity contribution in [3.8, 4) is 0 Å². The van der Waals surface area contributed by atoms with Gasteiger partial charge in [-0.05, 0) is 46.6 Å². The summed E-state index contributed by atoms with van der Waals surface area (Å²) in [4.78, 5) is 0. The molecule has 0 aliphatic heterocycles. The van der Waals surface area contributed by atoms with Crippen LogP contribution in [-0.4, -0.2) is 11.7 Å². The third-order valence-electron chi connectivity index (χ3n) is 2.69. The van der Waals surface area contributed by atoms with Gasteiger partial charge in [-0.15, -0.1) is 0 Å². The third kappa shape index (κ3) is 3.27. The number of hydrogen-bond acceptors (Lipinski definition) is 2. The Hall–Kier alpha value is -0.450. The fourth-order valence-corrected chi connectivity index (χ4v) is 2.14. The Balaban J connectivity index is 2.85.